The number of nitrogens with zero attached hydrogens (tertiary/aromatic N) is 2. The number of nitrogens with one attached hydrogen (secondary N) is 1. The van der Waals surface area contributed by atoms with E-state index in [0.29, 0.717) is 0 Å². The molecule has 2 aromatic heterocycles. The molecule has 2 aromatic rings. The predicted octanol–water partition coefficient (Wildman–Crippen LogP) is 1.95. The van der Waals surface area contributed by atoms with E-state index in [2.05, 4.69) is 28.4 Å². The van der Waals surface area contributed by atoms with Crippen LogP contribution in [0, 0.1) is 20.8 Å². The molecule has 0 saturated carbocycles. The number of rotatable bonds is 3. The first kappa shape index (κ1) is 12.7. The van der Waals surface area contributed by atoms with Gasteiger partial charge in [0.25, 0.3) is 0 Å². The zero-order valence-corrected chi connectivity index (χ0v) is 10.9. The van der Waals surface area contributed by atoms with Crippen LogP contribution in [0.15, 0.2) is 30.6 Å². The van der Waals surface area contributed by atoms with Crippen molar-refractivity contribution in [2.24, 2.45) is 5.84 Å². The fraction of sp³-hybridized carbons (Fsp3) is 0.286. The van der Waals surface area contributed by atoms with Crippen molar-refractivity contribution in [3.05, 3.63) is 58.7 Å². The van der Waals surface area contributed by atoms with E-state index in [1.807, 2.05) is 32.2 Å². The SMILES string of the molecule is Cc1ccc(C(NN)c2cnccc2C)c(C)n1. The highest BCUT2D eigenvalue weighted by atomic mass is 15.2. The summed E-state index contributed by atoms with van der Waals surface area (Å²) in [6.07, 6.45) is 3.63. The molecular formula is C14H18N4. The third-order valence-corrected chi connectivity index (χ3v) is 3.13. The fourth-order valence-corrected chi connectivity index (χ4v) is 2.13. The maximum atomic E-state index is 5.71. The van der Waals surface area contributed by atoms with Crippen LogP contribution in [0.5, 0.6) is 0 Å². The van der Waals surface area contributed by atoms with Gasteiger partial charge in [0.15, 0.2) is 0 Å². The summed E-state index contributed by atoms with van der Waals surface area (Å²) >= 11 is 0. The second kappa shape index (κ2) is 5.25. The summed E-state index contributed by atoms with van der Waals surface area (Å²) < 4.78 is 0. The molecule has 1 atom stereocenters. The first-order valence-corrected chi connectivity index (χ1v) is 5.94. The van der Waals surface area contributed by atoms with Gasteiger partial charge in [-0.25, -0.2) is 5.43 Å². The van der Waals surface area contributed by atoms with Gasteiger partial charge in [0.2, 0.25) is 0 Å². The van der Waals surface area contributed by atoms with Crippen LogP contribution in [0.3, 0.4) is 0 Å². The summed E-state index contributed by atoms with van der Waals surface area (Å²) in [5.74, 6) is 5.71. The summed E-state index contributed by atoms with van der Waals surface area (Å²) in [6.45, 7) is 6.04. The van der Waals surface area contributed by atoms with Gasteiger partial charge in [-0.15, -0.1) is 0 Å². The summed E-state index contributed by atoms with van der Waals surface area (Å²) in [6, 6.07) is 5.97. The predicted molar refractivity (Wildman–Crippen MR) is 71.9 cm³/mol. The lowest BCUT2D eigenvalue weighted by Gasteiger charge is -2.20. The van der Waals surface area contributed by atoms with Gasteiger partial charge in [0.1, 0.15) is 0 Å². The Hall–Kier alpha value is -1.78. The minimum Gasteiger partial charge on any atom is -0.271 e. The van der Waals surface area contributed by atoms with Gasteiger partial charge in [0, 0.05) is 23.8 Å². The number of hydrogen-bond donors (Lipinski definition) is 2. The molecule has 0 saturated heterocycles. The zero-order valence-electron chi connectivity index (χ0n) is 10.9. The molecule has 4 heteroatoms. The van der Waals surface area contributed by atoms with E-state index in [4.69, 9.17) is 5.84 Å². The number of aryl methyl sites for hydroxylation is 3. The third-order valence-electron chi connectivity index (χ3n) is 3.13. The molecule has 0 aliphatic carbocycles. The number of pyridine rings is 2. The second-order valence-electron chi connectivity index (χ2n) is 4.46. The van der Waals surface area contributed by atoms with E-state index in [0.717, 1.165) is 28.1 Å². The van der Waals surface area contributed by atoms with Crippen molar-refractivity contribution in [3.8, 4) is 0 Å². The van der Waals surface area contributed by atoms with Crippen LogP contribution in [0.4, 0.5) is 0 Å². The first-order valence-electron chi connectivity index (χ1n) is 5.94. The topological polar surface area (TPSA) is 63.8 Å². The van der Waals surface area contributed by atoms with E-state index < -0.39 is 0 Å². The van der Waals surface area contributed by atoms with Gasteiger partial charge >= 0.3 is 0 Å². The molecule has 18 heavy (non-hydrogen) atoms. The van der Waals surface area contributed by atoms with Crippen LogP contribution in [-0.4, -0.2) is 9.97 Å². The van der Waals surface area contributed by atoms with Crippen molar-refractivity contribution in [1.29, 1.82) is 0 Å². The van der Waals surface area contributed by atoms with Crippen LogP contribution in [-0.2, 0) is 0 Å². The van der Waals surface area contributed by atoms with Crippen LogP contribution < -0.4 is 11.3 Å². The molecule has 0 spiro atoms. The Kier molecular flexibility index (Phi) is 3.69. The van der Waals surface area contributed by atoms with Crippen molar-refractivity contribution < 1.29 is 0 Å². The molecule has 3 N–H and O–H groups in total. The van der Waals surface area contributed by atoms with Crippen LogP contribution in [0.25, 0.3) is 0 Å². The molecule has 94 valence electrons. The molecule has 0 fully saturated rings. The van der Waals surface area contributed by atoms with Crippen molar-refractivity contribution in [3.63, 3.8) is 0 Å². The van der Waals surface area contributed by atoms with Crippen LogP contribution in [0.1, 0.15) is 34.1 Å². The Morgan fingerprint density at radius 3 is 2.50 bits per heavy atom. The Labute approximate surface area is 107 Å². The van der Waals surface area contributed by atoms with Gasteiger partial charge in [0.05, 0.1) is 6.04 Å². The Bertz CT molecular complexity index is 551. The molecule has 4 nitrogen and oxygen atoms in total. The molecule has 0 aliphatic heterocycles. The van der Waals surface area contributed by atoms with Crippen LogP contribution >= 0.6 is 0 Å². The summed E-state index contributed by atoms with van der Waals surface area (Å²) in [7, 11) is 0. The molecule has 0 aliphatic rings. The van der Waals surface area contributed by atoms with E-state index in [1.54, 1.807) is 6.20 Å². The van der Waals surface area contributed by atoms with Crippen molar-refractivity contribution >= 4 is 0 Å². The molecule has 2 heterocycles. The minimum atomic E-state index is -0.0770. The maximum absolute atomic E-state index is 5.71. The second-order valence-corrected chi connectivity index (χ2v) is 4.46. The molecule has 0 radical (unpaired) electrons. The number of hydrazine groups is 1. The quantitative estimate of drug-likeness (QED) is 0.638. The number of hydrogen-bond acceptors (Lipinski definition) is 4. The van der Waals surface area contributed by atoms with E-state index in [-0.39, 0.29) is 6.04 Å². The highest BCUT2D eigenvalue weighted by molar-refractivity contribution is 5.36. The van der Waals surface area contributed by atoms with Gasteiger partial charge in [-0.3, -0.25) is 15.8 Å². The lowest BCUT2D eigenvalue weighted by Crippen LogP contribution is -2.30. The van der Waals surface area contributed by atoms with Gasteiger partial charge in [-0.05, 0) is 49.6 Å². The molecule has 2 rings (SSSR count). The zero-order chi connectivity index (χ0) is 13.1. The molecule has 1 unspecified atom stereocenters. The fourth-order valence-electron chi connectivity index (χ4n) is 2.13. The first-order chi connectivity index (χ1) is 8.63. The lowest BCUT2D eigenvalue weighted by molar-refractivity contribution is 0.624. The minimum absolute atomic E-state index is 0.0770. The van der Waals surface area contributed by atoms with E-state index in [1.165, 1.54) is 0 Å². The summed E-state index contributed by atoms with van der Waals surface area (Å²) in [5, 5.41) is 0. The normalized spacial score (nSPS) is 12.4. The standard InChI is InChI=1S/C14H18N4/c1-9-6-7-16-8-13(9)14(18-15)12-5-4-10(2)17-11(12)3/h4-8,14,18H,15H2,1-3H3. The van der Waals surface area contributed by atoms with Crippen LogP contribution in [0.2, 0.25) is 0 Å². The van der Waals surface area contributed by atoms with Crippen molar-refractivity contribution in [2.45, 2.75) is 26.8 Å². The van der Waals surface area contributed by atoms with Gasteiger partial charge in [-0.2, -0.15) is 0 Å². The summed E-state index contributed by atoms with van der Waals surface area (Å²) in [5.41, 5.74) is 8.17. The van der Waals surface area contributed by atoms with Crippen molar-refractivity contribution in [1.82, 2.24) is 15.4 Å². The number of aromatic nitrogens is 2. The average Bonchev–Trinajstić information content (AvgIpc) is 2.34. The number of nitrogens with two attached hydrogens (primary N) is 1. The van der Waals surface area contributed by atoms with Gasteiger partial charge < -0.3 is 0 Å². The Morgan fingerprint density at radius 1 is 1.11 bits per heavy atom. The molecule has 0 bridgehead atoms. The van der Waals surface area contributed by atoms with E-state index in [9.17, 15) is 0 Å². The lowest BCUT2D eigenvalue weighted by atomic mass is 9.96. The Morgan fingerprint density at radius 2 is 1.89 bits per heavy atom. The third kappa shape index (κ3) is 2.39. The molecule has 0 amide bonds. The smallest absolute Gasteiger partial charge is 0.0745 e. The Balaban J connectivity index is 2.49. The summed E-state index contributed by atoms with van der Waals surface area (Å²) in [4.78, 5) is 8.65. The average molecular weight is 242 g/mol. The van der Waals surface area contributed by atoms with Crippen molar-refractivity contribution in [2.75, 3.05) is 0 Å². The molecular weight excluding hydrogens is 224 g/mol. The molecule has 0 aromatic carbocycles. The largest absolute Gasteiger partial charge is 0.271 e. The monoisotopic (exact) mass is 242 g/mol. The highest BCUT2D eigenvalue weighted by Crippen LogP contribution is 2.25. The van der Waals surface area contributed by atoms with E-state index >= 15 is 0 Å². The highest BCUT2D eigenvalue weighted by Gasteiger charge is 2.17. The van der Waals surface area contributed by atoms with Gasteiger partial charge in [-0.1, -0.05) is 6.07 Å². The maximum Gasteiger partial charge on any atom is 0.0745 e.